The molecular weight excluding hydrogens is 334 g/mol. The molecule has 0 amide bonds. The quantitative estimate of drug-likeness (QED) is 0.373. The van der Waals surface area contributed by atoms with Gasteiger partial charge in [0.25, 0.3) is 5.69 Å². The minimum atomic E-state index is -0.757. The number of unbranched alkanes of at least 4 members (excludes halogenated alkanes) is 3. The number of carbonyl (C=O) groups is 2. The lowest BCUT2D eigenvalue weighted by molar-refractivity contribution is -0.384. The van der Waals surface area contributed by atoms with E-state index in [0.29, 0.717) is 18.6 Å². The van der Waals surface area contributed by atoms with Crippen molar-refractivity contribution in [3.63, 3.8) is 0 Å². The van der Waals surface area contributed by atoms with E-state index in [1.165, 1.54) is 12.1 Å². The van der Waals surface area contributed by atoms with Gasteiger partial charge in [0, 0.05) is 30.9 Å². The molecule has 6 heteroatoms. The van der Waals surface area contributed by atoms with Crippen molar-refractivity contribution < 1.29 is 19.6 Å². The maximum atomic E-state index is 12.1. The zero-order chi connectivity index (χ0) is 18.9. The van der Waals surface area contributed by atoms with E-state index in [1.54, 1.807) is 12.1 Å². The third-order valence-corrected chi connectivity index (χ3v) is 4.95. The average Bonchev–Trinajstić information content (AvgIpc) is 2.96. The second kappa shape index (κ2) is 9.85. The van der Waals surface area contributed by atoms with Crippen LogP contribution in [-0.2, 0) is 9.59 Å². The molecule has 6 nitrogen and oxygen atoms in total. The molecule has 2 rings (SSSR count). The van der Waals surface area contributed by atoms with E-state index in [-0.39, 0.29) is 23.9 Å². The van der Waals surface area contributed by atoms with E-state index < -0.39 is 10.9 Å². The van der Waals surface area contributed by atoms with Crippen LogP contribution in [-0.4, -0.2) is 21.8 Å². The summed E-state index contributed by atoms with van der Waals surface area (Å²) in [4.78, 5) is 32.9. The standard InChI is InChI=1S/C20H25NO5/c22-19-14-11-16(18(19)5-3-1-2-4-6-20(23)24)10-7-15-8-12-17(13-9-15)21(25)26/h7-10,12-13,16,18H,1-6,11,14H2,(H,23,24)/b10-7+. The number of rotatable bonds is 10. The fraction of sp³-hybridized carbons (Fsp3) is 0.500. The fourth-order valence-electron chi connectivity index (χ4n) is 3.48. The summed E-state index contributed by atoms with van der Waals surface area (Å²) in [5.41, 5.74) is 0.960. The summed E-state index contributed by atoms with van der Waals surface area (Å²) >= 11 is 0. The van der Waals surface area contributed by atoms with Gasteiger partial charge in [-0.1, -0.05) is 31.4 Å². The lowest BCUT2D eigenvalue weighted by Gasteiger charge is -2.14. The number of nitro benzene ring substituents is 1. The van der Waals surface area contributed by atoms with Gasteiger partial charge in [-0.15, -0.1) is 0 Å². The Morgan fingerprint density at radius 3 is 2.54 bits per heavy atom. The highest BCUT2D eigenvalue weighted by molar-refractivity contribution is 5.84. The SMILES string of the molecule is O=C(O)CCCCCCC1C(=O)CCC1/C=C/c1ccc([N+](=O)[O-])cc1. The number of benzene rings is 1. The fourth-order valence-corrected chi connectivity index (χ4v) is 3.48. The smallest absolute Gasteiger partial charge is 0.303 e. The second-order valence-corrected chi connectivity index (χ2v) is 6.83. The summed E-state index contributed by atoms with van der Waals surface area (Å²) in [6.45, 7) is 0. The Balaban J connectivity index is 1.82. The first-order valence-corrected chi connectivity index (χ1v) is 9.14. The van der Waals surface area contributed by atoms with E-state index in [0.717, 1.165) is 37.7 Å². The highest BCUT2D eigenvalue weighted by Gasteiger charge is 2.32. The lowest BCUT2D eigenvalue weighted by Crippen LogP contribution is -2.13. The summed E-state index contributed by atoms with van der Waals surface area (Å²) in [7, 11) is 0. The predicted octanol–water partition coefficient (Wildman–Crippen LogP) is 4.63. The molecule has 1 aromatic rings. The molecule has 1 aliphatic rings. The number of carboxylic acid groups (broad SMARTS) is 1. The van der Waals surface area contributed by atoms with Gasteiger partial charge in [-0.25, -0.2) is 0 Å². The molecule has 1 aliphatic carbocycles. The first-order valence-electron chi connectivity index (χ1n) is 9.14. The Morgan fingerprint density at radius 1 is 1.19 bits per heavy atom. The van der Waals surface area contributed by atoms with Crippen molar-refractivity contribution in [1.29, 1.82) is 0 Å². The van der Waals surface area contributed by atoms with Crippen molar-refractivity contribution in [1.82, 2.24) is 0 Å². The molecule has 140 valence electrons. The molecule has 26 heavy (non-hydrogen) atoms. The van der Waals surface area contributed by atoms with E-state index in [9.17, 15) is 19.7 Å². The molecule has 0 radical (unpaired) electrons. The van der Waals surface area contributed by atoms with Gasteiger partial charge in [-0.05, 0) is 42.9 Å². The zero-order valence-corrected chi connectivity index (χ0v) is 14.8. The van der Waals surface area contributed by atoms with Crippen LogP contribution in [0.4, 0.5) is 5.69 Å². The number of hydrogen-bond donors (Lipinski definition) is 1. The highest BCUT2D eigenvalue weighted by Crippen LogP contribution is 2.34. The topological polar surface area (TPSA) is 97.5 Å². The molecule has 1 aromatic carbocycles. The van der Waals surface area contributed by atoms with Crippen LogP contribution in [0.5, 0.6) is 0 Å². The molecule has 0 saturated heterocycles. The Labute approximate surface area is 153 Å². The Kier molecular flexibility index (Phi) is 7.51. The number of nitro groups is 1. The number of aliphatic carboxylic acids is 1. The maximum Gasteiger partial charge on any atom is 0.303 e. The minimum Gasteiger partial charge on any atom is -0.481 e. The lowest BCUT2D eigenvalue weighted by atomic mass is 9.89. The monoisotopic (exact) mass is 359 g/mol. The Hall–Kier alpha value is -2.50. The zero-order valence-electron chi connectivity index (χ0n) is 14.8. The number of ketones is 1. The van der Waals surface area contributed by atoms with E-state index in [1.807, 2.05) is 6.08 Å². The van der Waals surface area contributed by atoms with Gasteiger partial charge in [0.2, 0.25) is 0 Å². The van der Waals surface area contributed by atoms with Crippen LogP contribution in [0.25, 0.3) is 6.08 Å². The molecule has 0 heterocycles. The van der Waals surface area contributed by atoms with Gasteiger partial charge in [0.05, 0.1) is 4.92 Å². The van der Waals surface area contributed by atoms with Crippen LogP contribution in [0.3, 0.4) is 0 Å². The molecule has 1 saturated carbocycles. The van der Waals surface area contributed by atoms with Crippen molar-refractivity contribution >= 4 is 23.5 Å². The molecule has 0 bridgehead atoms. The molecule has 1 N–H and O–H groups in total. The van der Waals surface area contributed by atoms with Crippen LogP contribution >= 0.6 is 0 Å². The maximum absolute atomic E-state index is 12.1. The molecule has 2 atom stereocenters. The van der Waals surface area contributed by atoms with Crippen LogP contribution in [0, 0.1) is 22.0 Å². The summed E-state index contributed by atoms with van der Waals surface area (Å²) in [6, 6.07) is 6.38. The normalized spacial score (nSPS) is 19.9. The Bertz CT molecular complexity index is 665. The molecule has 1 fully saturated rings. The molecule has 2 unspecified atom stereocenters. The van der Waals surface area contributed by atoms with Gasteiger partial charge in [-0.3, -0.25) is 19.7 Å². The predicted molar refractivity (Wildman–Crippen MR) is 98.7 cm³/mol. The first kappa shape index (κ1) is 19.8. The third kappa shape index (κ3) is 6.10. The van der Waals surface area contributed by atoms with E-state index in [4.69, 9.17) is 5.11 Å². The number of carbonyl (C=O) groups excluding carboxylic acids is 1. The summed E-state index contributed by atoms with van der Waals surface area (Å²) in [6.07, 6.45) is 9.99. The molecular formula is C20H25NO5. The summed E-state index contributed by atoms with van der Waals surface area (Å²) in [5.74, 6) is -0.179. The van der Waals surface area contributed by atoms with Crippen molar-refractivity contribution in [2.45, 2.75) is 51.4 Å². The third-order valence-electron chi connectivity index (χ3n) is 4.95. The highest BCUT2D eigenvalue weighted by atomic mass is 16.6. The van der Waals surface area contributed by atoms with Crippen LogP contribution in [0.15, 0.2) is 30.3 Å². The van der Waals surface area contributed by atoms with E-state index >= 15 is 0 Å². The molecule has 0 aliphatic heterocycles. The van der Waals surface area contributed by atoms with Crippen molar-refractivity contribution in [2.75, 3.05) is 0 Å². The number of carboxylic acids is 1. The summed E-state index contributed by atoms with van der Waals surface area (Å²) < 4.78 is 0. The van der Waals surface area contributed by atoms with Crippen molar-refractivity contribution in [2.24, 2.45) is 11.8 Å². The second-order valence-electron chi connectivity index (χ2n) is 6.83. The van der Waals surface area contributed by atoms with E-state index in [2.05, 4.69) is 6.08 Å². The average molecular weight is 359 g/mol. The minimum absolute atomic E-state index is 0.0452. The molecule has 0 aromatic heterocycles. The Morgan fingerprint density at radius 2 is 1.88 bits per heavy atom. The van der Waals surface area contributed by atoms with Crippen LogP contribution < -0.4 is 0 Å². The number of hydrogen-bond acceptors (Lipinski definition) is 4. The molecule has 0 spiro atoms. The van der Waals surface area contributed by atoms with Gasteiger partial charge < -0.3 is 5.11 Å². The number of allylic oxidation sites excluding steroid dienone is 1. The first-order chi connectivity index (χ1) is 12.5. The van der Waals surface area contributed by atoms with Gasteiger partial charge >= 0.3 is 5.97 Å². The van der Waals surface area contributed by atoms with Gasteiger partial charge in [-0.2, -0.15) is 0 Å². The summed E-state index contributed by atoms with van der Waals surface area (Å²) in [5, 5.41) is 19.3. The number of nitrogens with zero attached hydrogens (tertiary/aromatic N) is 1. The largest absolute Gasteiger partial charge is 0.481 e. The van der Waals surface area contributed by atoms with Gasteiger partial charge in [0.15, 0.2) is 0 Å². The number of Topliss-reactive ketones (excluding diaryl/α,β-unsaturated/α-hetero) is 1. The van der Waals surface area contributed by atoms with Crippen molar-refractivity contribution in [3.05, 3.63) is 46.0 Å². The van der Waals surface area contributed by atoms with Crippen LogP contribution in [0.2, 0.25) is 0 Å². The number of non-ortho nitro benzene ring substituents is 1. The van der Waals surface area contributed by atoms with Gasteiger partial charge in [0.1, 0.15) is 5.78 Å². The van der Waals surface area contributed by atoms with Crippen LogP contribution in [0.1, 0.15) is 56.9 Å². The van der Waals surface area contributed by atoms with Crippen molar-refractivity contribution in [3.8, 4) is 0 Å².